The zero-order valence-corrected chi connectivity index (χ0v) is 11.6. The first-order valence-corrected chi connectivity index (χ1v) is 7.75. The summed E-state index contributed by atoms with van der Waals surface area (Å²) >= 11 is 0. The van der Waals surface area contributed by atoms with Crippen molar-refractivity contribution in [1.82, 2.24) is 5.53 Å². The van der Waals surface area contributed by atoms with Crippen molar-refractivity contribution in [3.05, 3.63) is 18.2 Å². The number of nitrogens with zero attached hydrogens (tertiary/aromatic N) is 1. The third-order valence-corrected chi connectivity index (χ3v) is 3.17. The fraction of sp³-hybridized carbons (Fsp3) is 0.125. The second-order valence-electron chi connectivity index (χ2n) is 3.32. The number of anilines is 1. The van der Waals surface area contributed by atoms with Crippen molar-refractivity contribution < 1.29 is 30.7 Å². The van der Waals surface area contributed by atoms with Gasteiger partial charge in [-0.3, -0.25) is 14.5 Å². The Bertz CT molecular complexity index is 712. The Labute approximate surface area is 114 Å². The van der Waals surface area contributed by atoms with Gasteiger partial charge in [0.25, 0.3) is 10.1 Å². The number of nitrogens with one attached hydrogen (secondary N) is 2. The van der Waals surface area contributed by atoms with Crippen LogP contribution < -0.4 is 15.7 Å². The zero-order valence-electron chi connectivity index (χ0n) is 10.0. The Kier molecular flexibility index (Phi) is 4.88. The van der Waals surface area contributed by atoms with Gasteiger partial charge in [0.15, 0.2) is 5.55 Å². The SMILES string of the molecule is COc1ccc(NNN=CS(=O)(=O)O)c(S(=O)(=O)O)c1. The molecule has 0 heterocycles. The van der Waals surface area contributed by atoms with Crippen molar-refractivity contribution >= 4 is 31.5 Å². The molecule has 112 valence electrons. The second kappa shape index (κ2) is 6.04. The lowest BCUT2D eigenvalue weighted by atomic mass is 10.3. The van der Waals surface area contributed by atoms with Gasteiger partial charge in [-0.2, -0.15) is 21.9 Å². The second-order valence-corrected chi connectivity index (χ2v) is 5.95. The predicted octanol–water partition coefficient (Wildman–Crippen LogP) is -0.310. The van der Waals surface area contributed by atoms with Crippen molar-refractivity contribution in [2.24, 2.45) is 5.10 Å². The summed E-state index contributed by atoms with van der Waals surface area (Å²) in [5.41, 5.74) is 4.28. The number of hydrazone groups is 1. The molecule has 1 aromatic rings. The van der Waals surface area contributed by atoms with Crippen LogP contribution in [0.4, 0.5) is 5.69 Å². The van der Waals surface area contributed by atoms with Gasteiger partial charge in [0.2, 0.25) is 0 Å². The largest absolute Gasteiger partial charge is 0.497 e. The number of ether oxygens (including phenoxy) is 1. The molecule has 0 fully saturated rings. The van der Waals surface area contributed by atoms with Gasteiger partial charge in [-0.1, -0.05) is 0 Å². The van der Waals surface area contributed by atoms with Crippen molar-refractivity contribution in [3.8, 4) is 5.75 Å². The van der Waals surface area contributed by atoms with Gasteiger partial charge in [-0.25, -0.2) is 5.53 Å². The first kappa shape index (κ1) is 16.2. The molecule has 0 saturated carbocycles. The summed E-state index contributed by atoms with van der Waals surface area (Å²) in [6.45, 7) is 0. The molecule has 0 aromatic heterocycles. The molecule has 0 aliphatic heterocycles. The normalized spacial score (nSPS) is 12.3. The highest BCUT2D eigenvalue weighted by Crippen LogP contribution is 2.25. The lowest BCUT2D eigenvalue weighted by Gasteiger charge is -2.10. The number of hydrogen-bond acceptors (Lipinski definition) is 8. The van der Waals surface area contributed by atoms with Gasteiger partial charge in [0.05, 0.1) is 12.8 Å². The molecule has 0 atom stereocenters. The molecule has 12 heteroatoms. The van der Waals surface area contributed by atoms with Crippen LogP contribution in [0.25, 0.3) is 0 Å². The van der Waals surface area contributed by atoms with Crippen molar-refractivity contribution in [2.45, 2.75) is 4.90 Å². The molecule has 0 unspecified atom stereocenters. The molecular formula is C8H11N3O7S2. The van der Waals surface area contributed by atoms with Gasteiger partial charge in [-0.15, -0.1) is 0 Å². The van der Waals surface area contributed by atoms with E-state index in [1.807, 2.05) is 5.53 Å². The summed E-state index contributed by atoms with van der Waals surface area (Å²) in [6, 6.07) is 3.69. The minimum absolute atomic E-state index is 0.110. The molecule has 0 aliphatic rings. The molecule has 10 nitrogen and oxygen atoms in total. The molecule has 20 heavy (non-hydrogen) atoms. The van der Waals surface area contributed by atoms with E-state index in [9.17, 15) is 16.8 Å². The van der Waals surface area contributed by atoms with Crippen LogP contribution in [0, 0.1) is 0 Å². The molecule has 0 bridgehead atoms. The zero-order chi connectivity index (χ0) is 15.4. The summed E-state index contributed by atoms with van der Waals surface area (Å²) in [5.74, 6) is 0.185. The number of rotatable bonds is 6. The molecule has 0 amide bonds. The Morgan fingerprint density at radius 2 is 1.90 bits per heavy atom. The first-order chi connectivity index (χ1) is 9.13. The monoisotopic (exact) mass is 325 g/mol. The Hall–Kier alpha value is -1.89. The van der Waals surface area contributed by atoms with E-state index in [0.29, 0.717) is 0 Å². The number of hydrogen-bond donors (Lipinski definition) is 4. The summed E-state index contributed by atoms with van der Waals surface area (Å²) in [6.07, 6.45) is 0. The van der Waals surface area contributed by atoms with Gasteiger partial charge in [0, 0.05) is 6.07 Å². The highest BCUT2D eigenvalue weighted by atomic mass is 32.2. The quantitative estimate of drug-likeness (QED) is 0.238. The minimum Gasteiger partial charge on any atom is -0.497 e. The maximum atomic E-state index is 11.2. The summed E-state index contributed by atoms with van der Waals surface area (Å²) < 4.78 is 65.2. The van der Waals surface area contributed by atoms with Crippen LogP contribution in [0.1, 0.15) is 0 Å². The summed E-state index contributed by atoms with van der Waals surface area (Å²) in [4.78, 5) is -0.508. The van der Waals surface area contributed by atoms with Gasteiger partial charge >= 0.3 is 10.1 Å². The van der Waals surface area contributed by atoms with Crippen molar-refractivity contribution in [2.75, 3.05) is 12.5 Å². The molecule has 0 spiro atoms. The molecule has 1 rings (SSSR count). The standard InChI is InChI=1S/C8H11N3O7S2/c1-18-6-2-3-7(8(4-6)20(15,16)17)10-11-9-5-19(12,13)14/h2-5,10-11H,1H3,(H,12,13,14)(H,15,16,17). The first-order valence-electron chi connectivity index (χ1n) is 4.80. The molecule has 0 aliphatic carbocycles. The maximum absolute atomic E-state index is 11.2. The van der Waals surface area contributed by atoms with E-state index in [-0.39, 0.29) is 17.0 Å². The van der Waals surface area contributed by atoms with E-state index >= 15 is 0 Å². The third-order valence-electron chi connectivity index (χ3n) is 1.91. The Balaban J connectivity index is 2.99. The van der Waals surface area contributed by atoms with E-state index in [0.717, 1.165) is 6.07 Å². The van der Waals surface area contributed by atoms with Crippen LogP contribution in [0.3, 0.4) is 0 Å². The van der Waals surface area contributed by atoms with E-state index in [4.69, 9.17) is 13.8 Å². The van der Waals surface area contributed by atoms with Crippen LogP contribution >= 0.6 is 0 Å². The Morgan fingerprint density at radius 1 is 1.25 bits per heavy atom. The average molecular weight is 325 g/mol. The van der Waals surface area contributed by atoms with Crippen molar-refractivity contribution in [1.29, 1.82) is 0 Å². The van der Waals surface area contributed by atoms with Crippen LogP contribution in [-0.2, 0) is 20.2 Å². The van der Waals surface area contributed by atoms with Gasteiger partial charge in [0.1, 0.15) is 10.6 Å². The summed E-state index contributed by atoms with van der Waals surface area (Å²) in [5, 5.41) is 3.07. The Morgan fingerprint density at radius 3 is 2.40 bits per heavy atom. The van der Waals surface area contributed by atoms with Crippen LogP contribution in [0.5, 0.6) is 5.75 Å². The van der Waals surface area contributed by atoms with Crippen LogP contribution in [0.2, 0.25) is 0 Å². The minimum atomic E-state index is -4.53. The van der Waals surface area contributed by atoms with E-state index in [1.54, 1.807) is 0 Å². The molecule has 0 saturated heterocycles. The van der Waals surface area contributed by atoms with Crippen LogP contribution in [0.15, 0.2) is 28.2 Å². The van der Waals surface area contributed by atoms with E-state index in [2.05, 4.69) is 10.5 Å². The lowest BCUT2D eigenvalue weighted by molar-refractivity contribution is 0.412. The predicted molar refractivity (Wildman–Crippen MR) is 69.6 cm³/mol. The fourth-order valence-corrected chi connectivity index (χ4v) is 1.98. The number of benzene rings is 1. The molecule has 0 radical (unpaired) electrons. The summed E-state index contributed by atoms with van der Waals surface area (Å²) in [7, 11) is -7.63. The average Bonchev–Trinajstić information content (AvgIpc) is 2.32. The van der Waals surface area contributed by atoms with Crippen LogP contribution in [-0.4, -0.2) is 38.6 Å². The molecular weight excluding hydrogens is 314 g/mol. The van der Waals surface area contributed by atoms with Crippen molar-refractivity contribution in [3.63, 3.8) is 0 Å². The number of hydrazine groups is 1. The fourth-order valence-electron chi connectivity index (χ4n) is 1.13. The topological polar surface area (TPSA) is 154 Å². The molecule has 1 aromatic carbocycles. The van der Waals surface area contributed by atoms with Gasteiger partial charge < -0.3 is 4.74 Å². The third kappa shape index (κ3) is 5.00. The maximum Gasteiger partial charge on any atom is 0.306 e. The number of methoxy groups -OCH3 is 1. The van der Waals surface area contributed by atoms with E-state index < -0.39 is 25.1 Å². The highest BCUT2D eigenvalue weighted by molar-refractivity contribution is 7.99. The van der Waals surface area contributed by atoms with Gasteiger partial charge in [-0.05, 0) is 12.1 Å². The smallest absolute Gasteiger partial charge is 0.306 e. The van der Waals surface area contributed by atoms with E-state index in [1.165, 1.54) is 19.2 Å². The molecule has 4 N–H and O–H groups in total. The highest BCUT2D eigenvalue weighted by Gasteiger charge is 2.16. The lowest BCUT2D eigenvalue weighted by Crippen LogP contribution is -2.18.